The Balaban J connectivity index is 1.40. The molecule has 7 heteroatoms. The lowest BCUT2D eigenvalue weighted by molar-refractivity contribution is -0.162. The predicted molar refractivity (Wildman–Crippen MR) is 137 cm³/mol. The van der Waals surface area contributed by atoms with Gasteiger partial charge in [0.15, 0.2) is 11.4 Å². The molecule has 3 aromatic rings. The number of anilines is 1. The van der Waals surface area contributed by atoms with Crippen LogP contribution in [0, 0.1) is 6.57 Å². The number of ether oxygens (including phenoxy) is 2. The monoisotopic (exact) mass is 470 g/mol. The average molecular weight is 471 g/mol. The van der Waals surface area contributed by atoms with E-state index in [0.29, 0.717) is 12.2 Å². The molecule has 2 saturated heterocycles. The van der Waals surface area contributed by atoms with Crippen LogP contribution in [0.25, 0.3) is 26.9 Å². The summed E-state index contributed by atoms with van der Waals surface area (Å²) in [5.74, 6) is 0.918. The molecule has 7 nitrogen and oxygen atoms in total. The molecule has 2 aromatic carbocycles. The number of carbonyl (C=O) groups excluding carboxylic acids is 1. The summed E-state index contributed by atoms with van der Waals surface area (Å²) in [4.78, 5) is 25.4. The third kappa shape index (κ3) is 4.30. The highest BCUT2D eigenvalue weighted by Gasteiger charge is 2.36. The summed E-state index contributed by atoms with van der Waals surface area (Å²) < 4.78 is 11.6. The first-order valence-corrected chi connectivity index (χ1v) is 12.1. The molecule has 0 bridgehead atoms. The van der Waals surface area contributed by atoms with Gasteiger partial charge in [-0.3, -0.25) is 9.78 Å². The lowest BCUT2D eigenvalue weighted by atomic mass is 9.99. The Bertz CT molecular complexity index is 1280. The van der Waals surface area contributed by atoms with Crippen LogP contribution in [0.2, 0.25) is 0 Å². The van der Waals surface area contributed by atoms with E-state index in [1.165, 1.54) is 0 Å². The molecule has 2 unspecified atom stereocenters. The first kappa shape index (κ1) is 23.1. The van der Waals surface area contributed by atoms with Crippen molar-refractivity contribution in [2.75, 3.05) is 31.6 Å². The van der Waals surface area contributed by atoms with E-state index < -0.39 is 0 Å². The molecule has 0 aliphatic carbocycles. The van der Waals surface area contributed by atoms with Crippen LogP contribution in [0.4, 0.5) is 11.4 Å². The standard InChI is InChI=1S/C28H30N4O3/c1-18-17-32(28(33)19(2)35-18)22-12-14-31(15-13-22)25-16-30-26-23(6-5-7-24(26)27(25)34-4)20-8-10-21(29-3)11-9-20/h5-11,16,18-19,22H,12-15,17H2,1-2,4H3. The van der Waals surface area contributed by atoms with E-state index in [1.54, 1.807) is 7.11 Å². The second kappa shape index (κ2) is 9.55. The predicted octanol–water partition coefficient (Wildman–Crippen LogP) is 5.07. The summed E-state index contributed by atoms with van der Waals surface area (Å²) >= 11 is 0. The minimum absolute atomic E-state index is 0.0669. The highest BCUT2D eigenvalue weighted by atomic mass is 16.5. The average Bonchev–Trinajstić information content (AvgIpc) is 2.90. The van der Waals surface area contributed by atoms with Gasteiger partial charge in [0.2, 0.25) is 0 Å². The van der Waals surface area contributed by atoms with E-state index in [-0.39, 0.29) is 24.2 Å². The fraction of sp³-hybridized carbons (Fsp3) is 0.393. The van der Waals surface area contributed by atoms with Gasteiger partial charge in [-0.25, -0.2) is 4.85 Å². The maximum absolute atomic E-state index is 12.7. The molecule has 0 spiro atoms. The molecule has 3 heterocycles. The third-order valence-corrected chi connectivity index (χ3v) is 7.11. The molecule has 0 saturated carbocycles. The van der Waals surface area contributed by atoms with Gasteiger partial charge in [0.1, 0.15) is 6.10 Å². The number of para-hydroxylation sites is 1. The number of morpholine rings is 1. The Labute approximate surface area is 206 Å². The molecule has 35 heavy (non-hydrogen) atoms. The van der Waals surface area contributed by atoms with Gasteiger partial charge in [-0.1, -0.05) is 36.4 Å². The quantitative estimate of drug-likeness (QED) is 0.499. The molecule has 1 aromatic heterocycles. The molecular weight excluding hydrogens is 440 g/mol. The first-order chi connectivity index (χ1) is 17.0. The number of piperidine rings is 1. The third-order valence-electron chi connectivity index (χ3n) is 7.11. The number of hydrogen-bond acceptors (Lipinski definition) is 5. The summed E-state index contributed by atoms with van der Waals surface area (Å²) in [6, 6.07) is 13.9. The zero-order valence-electron chi connectivity index (χ0n) is 20.4. The minimum atomic E-state index is -0.367. The van der Waals surface area contributed by atoms with Crippen molar-refractivity contribution < 1.29 is 14.3 Å². The second-order valence-electron chi connectivity index (χ2n) is 9.33. The number of amides is 1. The number of methoxy groups -OCH3 is 1. The summed E-state index contributed by atoms with van der Waals surface area (Å²) in [5.41, 5.74) is 4.50. The Kier molecular flexibility index (Phi) is 6.31. The fourth-order valence-corrected chi connectivity index (χ4v) is 5.37. The molecule has 0 radical (unpaired) electrons. The molecule has 180 valence electrons. The van der Waals surface area contributed by atoms with E-state index in [1.807, 2.05) is 67.4 Å². The van der Waals surface area contributed by atoms with Gasteiger partial charge in [-0.2, -0.15) is 0 Å². The first-order valence-electron chi connectivity index (χ1n) is 12.1. The van der Waals surface area contributed by atoms with Gasteiger partial charge < -0.3 is 19.3 Å². The summed E-state index contributed by atoms with van der Waals surface area (Å²) in [5, 5.41) is 0.963. The maximum Gasteiger partial charge on any atom is 0.251 e. The van der Waals surface area contributed by atoms with Crippen molar-refractivity contribution in [3.63, 3.8) is 0 Å². The van der Waals surface area contributed by atoms with Crippen molar-refractivity contribution in [2.24, 2.45) is 0 Å². The molecule has 1 amide bonds. The van der Waals surface area contributed by atoms with Crippen LogP contribution in [-0.4, -0.2) is 60.8 Å². The maximum atomic E-state index is 12.7. The molecule has 2 aliphatic heterocycles. The van der Waals surface area contributed by atoms with Crippen molar-refractivity contribution >= 4 is 28.2 Å². The van der Waals surface area contributed by atoms with E-state index in [2.05, 4.69) is 9.74 Å². The second-order valence-corrected chi connectivity index (χ2v) is 9.33. The van der Waals surface area contributed by atoms with E-state index in [9.17, 15) is 4.79 Å². The van der Waals surface area contributed by atoms with Crippen LogP contribution in [0.15, 0.2) is 48.7 Å². The number of hydrogen-bond donors (Lipinski definition) is 0. The van der Waals surface area contributed by atoms with Crippen LogP contribution in [0.1, 0.15) is 26.7 Å². The summed E-state index contributed by atoms with van der Waals surface area (Å²) in [6.07, 6.45) is 3.41. The van der Waals surface area contributed by atoms with Crippen molar-refractivity contribution in [1.82, 2.24) is 9.88 Å². The van der Waals surface area contributed by atoms with Gasteiger partial charge >= 0.3 is 0 Å². The normalized spacial score (nSPS) is 21.3. The van der Waals surface area contributed by atoms with Crippen molar-refractivity contribution in [1.29, 1.82) is 0 Å². The molecule has 2 fully saturated rings. The number of fused-ring (bicyclic) bond motifs is 1. The van der Waals surface area contributed by atoms with Gasteiger partial charge in [0, 0.05) is 36.6 Å². The topological polar surface area (TPSA) is 59.3 Å². The number of carbonyl (C=O) groups is 1. The van der Waals surface area contributed by atoms with Crippen molar-refractivity contribution in [3.05, 3.63) is 60.1 Å². The number of nitrogens with zero attached hydrogens (tertiary/aromatic N) is 4. The fourth-order valence-electron chi connectivity index (χ4n) is 5.37. The van der Waals surface area contributed by atoms with Crippen LogP contribution in [0.5, 0.6) is 5.75 Å². The van der Waals surface area contributed by atoms with Gasteiger partial charge in [-0.05, 0) is 38.3 Å². The van der Waals surface area contributed by atoms with Crippen LogP contribution in [-0.2, 0) is 9.53 Å². The largest absolute Gasteiger partial charge is 0.494 e. The molecular formula is C28H30N4O3. The highest BCUT2D eigenvalue weighted by molar-refractivity contribution is 5.99. The highest BCUT2D eigenvalue weighted by Crippen LogP contribution is 2.40. The Morgan fingerprint density at radius 2 is 1.86 bits per heavy atom. The number of aromatic nitrogens is 1. The zero-order chi connectivity index (χ0) is 24.5. The van der Waals surface area contributed by atoms with Crippen LogP contribution in [0.3, 0.4) is 0 Å². The van der Waals surface area contributed by atoms with Gasteiger partial charge in [0.25, 0.3) is 5.91 Å². The molecule has 0 N–H and O–H groups in total. The lowest BCUT2D eigenvalue weighted by Gasteiger charge is -2.43. The van der Waals surface area contributed by atoms with E-state index in [4.69, 9.17) is 21.0 Å². The molecule has 2 aliphatic rings. The number of benzene rings is 2. The zero-order valence-corrected chi connectivity index (χ0v) is 20.4. The van der Waals surface area contributed by atoms with Gasteiger partial charge in [-0.15, -0.1) is 0 Å². The van der Waals surface area contributed by atoms with E-state index >= 15 is 0 Å². The molecule has 2 atom stereocenters. The number of pyridine rings is 1. The smallest absolute Gasteiger partial charge is 0.251 e. The van der Waals surface area contributed by atoms with Crippen LogP contribution >= 0.6 is 0 Å². The van der Waals surface area contributed by atoms with E-state index in [0.717, 1.165) is 59.4 Å². The van der Waals surface area contributed by atoms with Gasteiger partial charge in [0.05, 0.1) is 37.2 Å². The SMILES string of the molecule is [C-]#[N+]c1ccc(-c2cccc3c(OC)c(N4CCC(N5CC(C)OC(C)C5=O)CC4)cnc23)cc1. The molecule has 5 rings (SSSR count). The minimum Gasteiger partial charge on any atom is -0.494 e. The van der Waals surface area contributed by atoms with Crippen molar-refractivity contribution in [3.8, 4) is 16.9 Å². The Morgan fingerprint density at radius 3 is 2.54 bits per heavy atom. The van der Waals surface area contributed by atoms with Crippen LogP contribution < -0.4 is 9.64 Å². The number of rotatable bonds is 4. The van der Waals surface area contributed by atoms with Crippen molar-refractivity contribution in [2.45, 2.75) is 44.9 Å². The summed E-state index contributed by atoms with van der Waals surface area (Å²) in [6.45, 7) is 13.4. The Hall–Kier alpha value is -3.63. The Morgan fingerprint density at radius 1 is 1.11 bits per heavy atom. The lowest BCUT2D eigenvalue weighted by Crippen LogP contribution is -2.56. The summed E-state index contributed by atoms with van der Waals surface area (Å²) in [7, 11) is 1.71.